The Kier molecular flexibility index (Phi) is 6.53. The summed E-state index contributed by atoms with van der Waals surface area (Å²) in [4.78, 5) is 0. The number of ether oxygens (including phenoxy) is 1. The maximum atomic E-state index is 6.19. The molecular weight excluding hydrogens is 589 g/mol. The van der Waals surface area contributed by atoms with Crippen LogP contribution in [-0.2, 0) is 6.61 Å². The molecule has 3 rings (SSSR count). The standard InChI is InChI=1S/C16H10Cl2I2N4O/c17-12-2-1-11(13(18)5-12)7-25-16-14(19)3-10(4-15(16)20)6-23-24-8-21-22-9-24/h1-6,8-9H,7H2/b23-6-. The predicted octanol–water partition coefficient (Wildman–Crippen LogP) is 5.26. The van der Waals surface area contributed by atoms with Crippen molar-refractivity contribution >= 4 is 74.6 Å². The highest BCUT2D eigenvalue weighted by Crippen LogP contribution is 2.30. The molecule has 5 nitrogen and oxygen atoms in total. The minimum absolute atomic E-state index is 0.371. The Balaban J connectivity index is 1.76. The van der Waals surface area contributed by atoms with Crippen LogP contribution in [0.3, 0.4) is 0 Å². The Morgan fingerprint density at radius 3 is 2.40 bits per heavy atom. The van der Waals surface area contributed by atoms with E-state index in [2.05, 4.69) is 60.5 Å². The van der Waals surface area contributed by atoms with Crippen LogP contribution in [0.2, 0.25) is 10.0 Å². The third kappa shape index (κ3) is 5.05. The van der Waals surface area contributed by atoms with E-state index in [-0.39, 0.29) is 0 Å². The van der Waals surface area contributed by atoms with Crippen molar-refractivity contribution < 1.29 is 4.74 Å². The lowest BCUT2D eigenvalue weighted by Crippen LogP contribution is -2.01. The summed E-state index contributed by atoms with van der Waals surface area (Å²) >= 11 is 16.6. The Hall–Kier alpha value is -0.910. The van der Waals surface area contributed by atoms with E-state index in [0.717, 1.165) is 24.0 Å². The first-order valence-corrected chi connectivity index (χ1v) is 9.89. The average Bonchev–Trinajstić information content (AvgIpc) is 3.07. The fourth-order valence-corrected chi connectivity index (χ4v) is 4.56. The molecule has 0 bridgehead atoms. The van der Waals surface area contributed by atoms with Gasteiger partial charge in [-0.3, -0.25) is 0 Å². The van der Waals surface area contributed by atoms with Gasteiger partial charge < -0.3 is 4.74 Å². The third-order valence-corrected chi connectivity index (χ3v) is 5.34. The van der Waals surface area contributed by atoms with Crippen LogP contribution in [0, 0.1) is 7.14 Å². The minimum atomic E-state index is 0.371. The van der Waals surface area contributed by atoms with Crippen molar-refractivity contribution in [3.05, 3.63) is 71.3 Å². The molecule has 0 spiro atoms. The summed E-state index contributed by atoms with van der Waals surface area (Å²) < 4.78 is 9.47. The van der Waals surface area contributed by atoms with E-state index in [9.17, 15) is 0 Å². The highest BCUT2D eigenvalue weighted by atomic mass is 127. The number of nitrogens with zero attached hydrogens (tertiary/aromatic N) is 4. The molecule has 1 aromatic heterocycles. The second-order valence-corrected chi connectivity index (χ2v) is 8.09. The van der Waals surface area contributed by atoms with Crippen LogP contribution < -0.4 is 4.74 Å². The Labute approximate surface area is 181 Å². The van der Waals surface area contributed by atoms with Crippen molar-refractivity contribution in [3.8, 4) is 5.75 Å². The van der Waals surface area contributed by atoms with Gasteiger partial charge in [-0.25, -0.2) is 4.68 Å². The summed E-state index contributed by atoms with van der Waals surface area (Å²) in [5.41, 5.74) is 1.84. The summed E-state index contributed by atoms with van der Waals surface area (Å²) in [6.45, 7) is 0.371. The number of rotatable bonds is 5. The molecule has 0 aliphatic carbocycles. The zero-order chi connectivity index (χ0) is 17.8. The Morgan fingerprint density at radius 2 is 1.76 bits per heavy atom. The first kappa shape index (κ1) is 18.9. The molecule has 0 atom stereocenters. The zero-order valence-electron chi connectivity index (χ0n) is 12.5. The molecule has 0 fully saturated rings. The summed E-state index contributed by atoms with van der Waals surface area (Å²) in [5.74, 6) is 0.814. The number of hydrogen-bond acceptors (Lipinski definition) is 4. The van der Waals surface area contributed by atoms with Crippen molar-refractivity contribution in [1.82, 2.24) is 14.9 Å². The van der Waals surface area contributed by atoms with E-state index < -0.39 is 0 Å². The van der Waals surface area contributed by atoms with E-state index in [4.69, 9.17) is 27.9 Å². The lowest BCUT2D eigenvalue weighted by Gasteiger charge is -2.12. The van der Waals surface area contributed by atoms with Gasteiger partial charge in [-0.2, -0.15) is 5.10 Å². The van der Waals surface area contributed by atoms with Gasteiger partial charge in [0, 0.05) is 15.6 Å². The van der Waals surface area contributed by atoms with Crippen molar-refractivity contribution in [2.75, 3.05) is 0 Å². The summed E-state index contributed by atoms with van der Waals surface area (Å²) in [7, 11) is 0. The van der Waals surface area contributed by atoms with Gasteiger partial charge in [0.25, 0.3) is 0 Å². The van der Waals surface area contributed by atoms with Gasteiger partial charge in [0.1, 0.15) is 25.0 Å². The largest absolute Gasteiger partial charge is 0.487 e. The quantitative estimate of drug-likeness (QED) is 0.298. The molecule has 25 heavy (non-hydrogen) atoms. The van der Waals surface area contributed by atoms with Gasteiger partial charge in [-0.15, -0.1) is 10.2 Å². The van der Waals surface area contributed by atoms with Gasteiger partial charge in [0.05, 0.1) is 13.4 Å². The van der Waals surface area contributed by atoms with Crippen molar-refractivity contribution in [2.45, 2.75) is 6.61 Å². The first-order valence-electron chi connectivity index (χ1n) is 6.97. The molecule has 0 amide bonds. The van der Waals surface area contributed by atoms with E-state index in [0.29, 0.717) is 16.7 Å². The molecule has 1 heterocycles. The van der Waals surface area contributed by atoms with Crippen LogP contribution >= 0.6 is 68.4 Å². The predicted molar refractivity (Wildman–Crippen MR) is 116 cm³/mol. The molecule has 0 N–H and O–H groups in total. The lowest BCUT2D eigenvalue weighted by molar-refractivity contribution is 0.302. The van der Waals surface area contributed by atoms with Crippen LogP contribution in [0.25, 0.3) is 0 Å². The lowest BCUT2D eigenvalue weighted by atomic mass is 10.2. The Morgan fingerprint density at radius 1 is 1.08 bits per heavy atom. The van der Waals surface area contributed by atoms with E-state index in [1.54, 1.807) is 18.3 Å². The van der Waals surface area contributed by atoms with Gasteiger partial charge >= 0.3 is 0 Å². The van der Waals surface area contributed by atoms with Gasteiger partial charge in [0.15, 0.2) is 0 Å². The van der Waals surface area contributed by atoms with Crippen LogP contribution in [0.15, 0.2) is 48.1 Å². The molecule has 9 heteroatoms. The fourth-order valence-electron chi connectivity index (χ4n) is 1.97. The fraction of sp³-hybridized carbons (Fsp3) is 0.0625. The number of aromatic nitrogens is 3. The molecule has 2 aromatic carbocycles. The summed E-state index contributed by atoms with van der Waals surface area (Å²) in [6, 6.07) is 9.37. The van der Waals surface area contributed by atoms with E-state index in [1.165, 1.54) is 17.3 Å². The topological polar surface area (TPSA) is 52.3 Å². The number of hydrogen-bond donors (Lipinski definition) is 0. The Bertz CT molecular complexity index is 893. The minimum Gasteiger partial charge on any atom is -0.487 e. The molecule has 128 valence electrons. The summed E-state index contributed by atoms with van der Waals surface area (Å²) in [6.07, 6.45) is 4.80. The maximum absolute atomic E-state index is 6.19. The van der Waals surface area contributed by atoms with Crippen molar-refractivity contribution in [2.24, 2.45) is 5.10 Å². The molecule has 0 aliphatic heterocycles. The maximum Gasteiger partial charge on any atom is 0.146 e. The monoisotopic (exact) mass is 598 g/mol. The zero-order valence-corrected chi connectivity index (χ0v) is 18.4. The van der Waals surface area contributed by atoms with Gasteiger partial charge in [-0.05, 0) is 75.0 Å². The molecule has 3 aromatic rings. The molecule has 0 saturated heterocycles. The first-order chi connectivity index (χ1) is 12.0. The van der Waals surface area contributed by atoms with Gasteiger partial charge in [-0.1, -0.05) is 29.3 Å². The van der Waals surface area contributed by atoms with Gasteiger partial charge in [0.2, 0.25) is 0 Å². The van der Waals surface area contributed by atoms with Crippen LogP contribution in [0.4, 0.5) is 0 Å². The van der Waals surface area contributed by atoms with Crippen LogP contribution in [-0.4, -0.2) is 21.1 Å². The molecular formula is C16H10Cl2I2N4O. The smallest absolute Gasteiger partial charge is 0.146 e. The van der Waals surface area contributed by atoms with E-state index in [1.807, 2.05) is 18.2 Å². The second kappa shape index (κ2) is 8.65. The van der Waals surface area contributed by atoms with Crippen LogP contribution in [0.5, 0.6) is 5.75 Å². The van der Waals surface area contributed by atoms with Crippen LogP contribution in [0.1, 0.15) is 11.1 Å². The highest BCUT2D eigenvalue weighted by molar-refractivity contribution is 14.1. The normalized spacial score (nSPS) is 11.2. The molecule has 0 aliphatic rings. The SMILES string of the molecule is Clc1ccc(COc2c(I)cc(/C=N\n3cnnc3)cc2I)c(Cl)c1. The van der Waals surface area contributed by atoms with E-state index >= 15 is 0 Å². The molecule has 0 unspecified atom stereocenters. The molecule has 0 saturated carbocycles. The van der Waals surface area contributed by atoms with Crippen molar-refractivity contribution in [3.63, 3.8) is 0 Å². The third-order valence-electron chi connectivity index (χ3n) is 3.15. The highest BCUT2D eigenvalue weighted by Gasteiger charge is 2.10. The second-order valence-electron chi connectivity index (χ2n) is 4.92. The average molecular weight is 599 g/mol. The van der Waals surface area contributed by atoms with Crippen molar-refractivity contribution in [1.29, 1.82) is 0 Å². The molecule has 0 radical (unpaired) electrons. The number of halogens is 4. The number of benzene rings is 2. The summed E-state index contributed by atoms with van der Waals surface area (Å²) in [5, 5.41) is 12.9.